The molecule has 1 aliphatic rings. The minimum absolute atomic E-state index is 0.0150. The lowest BCUT2D eigenvalue weighted by atomic mass is 9.72. The van der Waals surface area contributed by atoms with Crippen LogP contribution >= 0.6 is 0 Å². The molecule has 142 valence electrons. The molecule has 1 atom stereocenters. The largest absolute Gasteiger partial charge is 0.481 e. The van der Waals surface area contributed by atoms with E-state index >= 15 is 0 Å². The molecule has 1 aliphatic heterocycles. The van der Waals surface area contributed by atoms with Crippen LogP contribution in [0, 0.1) is 5.82 Å². The Morgan fingerprint density at radius 1 is 1.11 bits per heavy atom. The Balaban J connectivity index is 1.66. The van der Waals surface area contributed by atoms with Crippen molar-refractivity contribution in [1.29, 1.82) is 0 Å². The zero-order chi connectivity index (χ0) is 19.4. The predicted octanol–water partition coefficient (Wildman–Crippen LogP) is 3.96. The molecule has 0 saturated carbocycles. The molecule has 0 bridgehead atoms. The molecule has 0 radical (unpaired) electrons. The quantitative estimate of drug-likeness (QED) is 0.868. The Morgan fingerprint density at radius 2 is 1.78 bits per heavy atom. The molecule has 2 aromatic rings. The van der Waals surface area contributed by atoms with Crippen molar-refractivity contribution in [1.82, 2.24) is 4.90 Å². The first-order valence-corrected chi connectivity index (χ1v) is 9.24. The lowest BCUT2D eigenvalue weighted by Gasteiger charge is -2.39. The minimum atomic E-state index is -0.938. The number of rotatable bonds is 5. The van der Waals surface area contributed by atoms with Crippen LogP contribution in [0.1, 0.15) is 43.2 Å². The van der Waals surface area contributed by atoms with E-state index in [0.717, 1.165) is 11.1 Å². The summed E-state index contributed by atoms with van der Waals surface area (Å²) in [4.78, 5) is 26.4. The van der Waals surface area contributed by atoms with Gasteiger partial charge in [0.05, 0.1) is 5.41 Å². The normalized spacial score (nSPS) is 17.3. The molecule has 3 rings (SSSR count). The third-order valence-corrected chi connectivity index (χ3v) is 5.60. The van der Waals surface area contributed by atoms with Crippen molar-refractivity contribution in [2.75, 3.05) is 13.1 Å². The molecule has 2 aromatic carbocycles. The number of nitrogens with zero attached hydrogens (tertiary/aromatic N) is 1. The Labute approximate surface area is 158 Å². The number of halogens is 1. The number of amides is 1. The van der Waals surface area contributed by atoms with Crippen LogP contribution in [0.5, 0.6) is 0 Å². The molecular formula is C22H24FNO3. The average molecular weight is 369 g/mol. The number of piperidine rings is 1. The molecule has 1 unspecified atom stereocenters. The third kappa shape index (κ3) is 4.02. The van der Waals surface area contributed by atoms with Crippen molar-refractivity contribution < 1.29 is 19.1 Å². The number of likely N-dealkylation sites (tertiary alicyclic amines) is 1. The van der Waals surface area contributed by atoms with Gasteiger partial charge in [0.15, 0.2) is 0 Å². The van der Waals surface area contributed by atoms with Crippen LogP contribution in [0.2, 0.25) is 0 Å². The van der Waals surface area contributed by atoms with E-state index in [2.05, 4.69) is 0 Å². The van der Waals surface area contributed by atoms with Crippen molar-refractivity contribution in [3.8, 4) is 0 Å². The number of carbonyl (C=O) groups is 2. The molecule has 1 N–H and O–H groups in total. The first-order valence-electron chi connectivity index (χ1n) is 9.24. The number of aliphatic carboxylic acids is 1. The van der Waals surface area contributed by atoms with E-state index in [-0.39, 0.29) is 24.1 Å². The Morgan fingerprint density at radius 3 is 2.37 bits per heavy atom. The van der Waals surface area contributed by atoms with Crippen LogP contribution in [0.25, 0.3) is 0 Å². The first-order chi connectivity index (χ1) is 12.9. The number of carboxylic acid groups (broad SMARTS) is 1. The monoisotopic (exact) mass is 369 g/mol. The lowest BCUT2D eigenvalue weighted by molar-refractivity contribution is -0.148. The van der Waals surface area contributed by atoms with Crippen molar-refractivity contribution in [3.63, 3.8) is 0 Å². The van der Waals surface area contributed by atoms with Gasteiger partial charge in [-0.25, -0.2) is 4.39 Å². The van der Waals surface area contributed by atoms with Crippen LogP contribution < -0.4 is 0 Å². The highest BCUT2D eigenvalue weighted by molar-refractivity contribution is 5.83. The summed E-state index contributed by atoms with van der Waals surface area (Å²) in [5, 5.41) is 9.85. The number of carboxylic acids is 1. The summed E-state index contributed by atoms with van der Waals surface area (Å²) in [5.41, 5.74) is 0.647. The van der Waals surface area contributed by atoms with Crippen molar-refractivity contribution in [2.45, 2.75) is 37.5 Å². The second kappa shape index (κ2) is 7.91. The molecule has 1 amide bonds. The fourth-order valence-corrected chi connectivity index (χ4v) is 3.84. The van der Waals surface area contributed by atoms with Gasteiger partial charge in [0, 0.05) is 19.5 Å². The molecule has 0 spiro atoms. The van der Waals surface area contributed by atoms with Gasteiger partial charge in [-0.05, 0) is 42.0 Å². The Kier molecular flexibility index (Phi) is 5.59. The molecule has 1 saturated heterocycles. The SMILES string of the molecule is CC(CC(=O)N1CCC(C(=O)O)(c2ccccc2)CC1)c1cccc(F)c1. The summed E-state index contributed by atoms with van der Waals surface area (Å²) in [5.74, 6) is -1.25. The summed E-state index contributed by atoms with van der Waals surface area (Å²) in [6.07, 6.45) is 1.08. The second-order valence-electron chi connectivity index (χ2n) is 7.29. The second-order valence-corrected chi connectivity index (χ2v) is 7.29. The maximum atomic E-state index is 13.4. The third-order valence-electron chi connectivity index (χ3n) is 5.60. The van der Waals surface area contributed by atoms with Gasteiger partial charge in [0.2, 0.25) is 5.91 Å². The van der Waals surface area contributed by atoms with Crippen molar-refractivity contribution >= 4 is 11.9 Å². The fraction of sp³-hybridized carbons (Fsp3) is 0.364. The maximum absolute atomic E-state index is 13.4. The Hall–Kier alpha value is -2.69. The molecule has 1 heterocycles. The van der Waals surface area contributed by atoms with Crippen LogP contribution in [0.15, 0.2) is 54.6 Å². The van der Waals surface area contributed by atoms with E-state index < -0.39 is 11.4 Å². The van der Waals surface area contributed by atoms with E-state index in [0.29, 0.717) is 25.9 Å². The smallest absolute Gasteiger partial charge is 0.314 e. The van der Waals surface area contributed by atoms with E-state index in [4.69, 9.17) is 0 Å². The molecule has 0 aliphatic carbocycles. The van der Waals surface area contributed by atoms with Crippen molar-refractivity contribution in [2.24, 2.45) is 0 Å². The summed E-state index contributed by atoms with van der Waals surface area (Å²) in [6.45, 7) is 2.73. The number of benzene rings is 2. The van der Waals surface area contributed by atoms with Gasteiger partial charge in [0.25, 0.3) is 0 Å². The van der Waals surface area contributed by atoms with Gasteiger partial charge in [-0.3, -0.25) is 9.59 Å². The van der Waals surface area contributed by atoms with E-state index in [1.165, 1.54) is 12.1 Å². The van der Waals surface area contributed by atoms with Gasteiger partial charge in [-0.1, -0.05) is 49.4 Å². The van der Waals surface area contributed by atoms with Gasteiger partial charge in [-0.15, -0.1) is 0 Å². The zero-order valence-electron chi connectivity index (χ0n) is 15.4. The highest BCUT2D eigenvalue weighted by Crippen LogP contribution is 2.36. The maximum Gasteiger partial charge on any atom is 0.314 e. The number of hydrogen-bond donors (Lipinski definition) is 1. The molecule has 27 heavy (non-hydrogen) atoms. The van der Waals surface area contributed by atoms with Crippen LogP contribution in [0.3, 0.4) is 0 Å². The first kappa shape index (κ1) is 19.1. The summed E-state index contributed by atoms with van der Waals surface area (Å²) in [6, 6.07) is 15.6. The topological polar surface area (TPSA) is 57.6 Å². The standard InChI is InChI=1S/C22H24FNO3/c1-16(17-6-5-9-19(23)15-17)14-20(25)24-12-10-22(11-13-24,21(26)27)18-7-3-2-4-8-18/h2-9,15-16H,10-14H2,1H3,(H,26,27). The predicted molar refractivity (Wildman–Crippen MR) is 101 cm³/mol. The Bertz CT molecular complexity index is 813. The van der Waals surface area contributed by atoms with Crippen LogP contribution in [0.4, 0.5) is 4.39 Å². The number of hydrogen-bond acceptors (Lipinski definition) is 2. The number of carbonyl (C=O) groups excluding carboxylic acids is 1. The molecule has 0 aromatic heterocycles. The van der Waals surface area contributed by atoms with E-state index in [9.17, 15) is 19.1 Å². The summed E-state index contributed by atoms with van der Waals surface area (Å²) < 4.78 is 13.4. The van der Waals surface area contributed by atoms with Crippen LogP contribution in [-0.4, -0.2) is 35.0 Å². The fourth-order valence-electron chi connectivity index (χ4n) is 3.84. The molecule has 1 fully saturated rings. The van der Waals surface area contributed by atoms with E-state index in [1.807, 2.05) is 43.3 Å². The molecule has 4 nitrogen and oxygen atoms in total. The van der Waals surface area contributed by atoms with Crippen LogP contribution in [-0.2, 0) is 15.0 Å². The van der Waals surface area contributed by atoms with Gasteiger partial charge < -0.3 is 10.0 Å². The summed E-state index contributed by atoms with van der Waals surface area (Å²) in [7, 11) is 0. The van der Waals surface area contributed by atoms with Crippen molar-refractivity contribution in [3.05, 3.63) is 71.5 Å². The molecular weight excluding hydrogens is 345 g/mol. The van der Waals surface area contributed by atoms with Gasteiger partial charge in [0.1, 0.15) is 5.82 Å². The van der Waals surface area contributed by atoms with E-state index in [1.54, 1.807) is 11.0 Å². The lowest BCUT2D eigenvalue weighted by Crippen LogP contribution is -2.49. The average Bonchev–Trinajstić information content (AvgIpc) is 2.68. The summed E-state index contributed by atoms with van der Waals surface area (Å²) >= 11 is 0. The highest BCUT2D eigenvalue weighted by atomic mass is 19.1. The van der Waals surface area contributed by atoms with Gasteiger partial charge >= 0.3 is 5.97 Å². The zero-order valence-corrected chi connectivity index (χ0v) is 15.4. The molecule has 5 heteroatoms. The minimum Gasteiger partial charge on any atom is -0.481 e. The highest BCUT2D eigenvalue weighted by Gasteiger charge is 2.43. The van der Waals surface area contributed by atoms with Gasteiger partial charge in [-0.2, -0.15) is 0 Å².